The van der Waals surface area contributed by atoms with Crippen LogP contribution in [0.5, 0.6) is 0 Å². The average Bonchev–Trinajstić information content (AvgIpc) is 3.72. The quantitative estimate of drug-likeness (QED) is 0.178. The van der Waals surface area contributed by atoms with Gasteiger partial charge in [-0.25, -0.2) is 9.97 Å². The highest BCUT2D eigenvalue weighted by atomic mass is 32.2. The summed E-state index contributed by atoms with van der Waals surface area (Å²) in [5, 5.41) is 0. The average molecular weight is 771 g/mol. The monoisotopic (exact) mass is 770 g/mol. The SMILES string of the molecule is CC1(C)c2ccccc2-c2ccc(-c3cc(-c4ccccc4)nc(-c4ccc(-c5ccc6c(c5)C5(c7ccccc7S6)c6ccccc6-c6ccccc65)cc4)n3)cc21. The van der Waals surface area contributed by atoms with Crippen LogP contribution in [0.25, 0.3) is 67.3 Å². The number of fused-ring (bicyclic) bond motifs is 12. The molecular weight excluding hydrogens is 733 g/mol. The Balaban J connectivity index is 0.968. The molecule has 2 heterocycles. The first kappa shape index (κ1) is 34.3. The van der Waals surface area contributed by atoms with Gasteiger partial charge in [-0.05, 0) is 97.1 Å². The van der Waals surface area contributed by atoms with Crippen LogP contribution >= 0.6 is 11.8 Å². The van der Waals surface area contributed by atoms with Gasteiger partial charge in [-0.2, -0.15) is 0 Å². The lowest BCUT2D eigenvalue weighted by Gasteiger charge is -2.40. The number of hydrogen-bond acceptors (Lipinski definition) is 3. The third kappa shape index (κ3) is 5.01. The Bertz CT molecular complexity index is 3120. The Morgan fingerprint density at radius 3 is 1.54 bits per heavy atom. The van der Waals surface area contributed by atoms with Gasteiger partial charge < -0.3 is 0 Å². The maximum Gasteiger partial charge on any atom is 0.160 e. The van der Waals surface area contributed by atoms with E-state index in [0.29, 0.717) is 5.82 Å². The van der Waals surface area contributed by atoms with Crippen LogP contribution in [0.15, 0.2) is 204 Å². The normalized spacial score (nSPS) is 14.5. The summed E-state index contributed by atoms with van der Waals surface area (Å²) in [6, 6.07) is 71.1. The van der Waals surface area contributed by atoms with Crippen LogP contribution in [0, 0.1) is 0 Å². The smallest absolute Gasteiger partial charge is 0.160 e. The molecule has 0 N–H and O–H groups in total. The van der Waals surface area contributed by atoms with E-state index in [-0.39, 0.29) is 5.41 Å². The topological polar surface area (TPSA) is 25.8 Å². The Kier molecular flexibility index (Phi) is 7.46. The van der Waals surface area contributed by atoms with Crippen molar-refractivity contribution in [3.05, 3.63) is 228 Å². The van der Waals surface area contributed by atoms with Crippen LogP contribution in [0.3, 0.4) is 0 Å². The molecule has 59 heavy (non-hydrogen) atoms. The number of hydrogen-bond donors (Lipinski definition) is 0. The van der Waals surface area contributed by atoms with Gasteiger partial charge in [0.2, 0.25) is 0 Å². The molecule has 0 unspecified atom stereocenters. The minimum Gasteiger partial charge on any atom is -0.228 e. The lowest BCUT2D eigenvalue weighted by atomic mass is 9.67. The third-order valence-corrected chi connectivity index (χ3v) is 14.2. The van der Waals surface area contributed by atoms with Crippen LogP contribution in [-0.4, -0.2) is 9.97 Å². The second kappa shape index (κ2) is 12.8. The van der Waals surface area contributed by atoms with Crippen molar-refractivity contribution >= 4 is 11.8 Å². The van der Waals surface area contributed by atoms with Crippen LogP contribution in [-0.2, 0) is 10.8 Å². The molecule has 1 aromatic heterocycles. The molecule has 0 radical (unpaired) electrons. The summed E-state index contributed by atoms with van der Waals surface area (Å²) >= 11 is 1.88. The van der Waals surface area contributed by atoms with Crippen molar-refractivity contribution in [2.45, 2.75) is 34.5 Å². The second-order valence-corrected chi connectivity index (χ2v) is 17.6. The summed E-state index contributed by atoms with van der Waals surface area (Å²) in [5.41, 5.74) is 20.2. The lowest BCUT2D eigenvalue weighted by Crippen LogP contribution is -2.32. The lowest BCUT2D eigenvalue weighted by molar-refractivity contribution is 0.660. The number of nitrogens with zero attached hydrogens (tertiary/aromatic N) is 2. The fourth-order valence-corrected chi connectivity index (χ4v) is 11.4. The molecule has 0 fully saturated rings. The van der Waals surface area contributed by atoms with Crippen molar-refractivity contribution in [3.63, 3.8) is 0 Å². The van der Waals surface area contributed by atoms with Crippen molar-refractivity contribution in [3.8, 4) is 67.3 Å². The first-order valence-corrected chi connectivity index (χ1v) is 21.2. The first-order valence-electron chi connectivity index (χ1n) is 20.4. The maximum absolute atomic E-state index is 5.28. The van der Waals surface area contributed by atoms with Gasteiger partial charge in [-0.3, -0.25) is 0 Å². The van der Waals surface area contributed by atoms with E-state index in [1.54, 1.807) is 0 Å². The maximum atomic E-state index is 5.28. The van der Waals surface area contributed by atoms with E-state index in [9.17, 15) is 0 Å². The van der Waals surface area contributed by atoms with Crippen LogP contribution in [0.2, 0.25) is 0 Å². The molecule has 12 rings (SSSR count). The minimum absolute atomic E-state index is 0.0984. The molecule has 0 saturated carbocycles. The van der Waals surface area contributed by atoms with Gasteiger partial charge in [0, 0.05) is 31.9 Å². The second-order valence-electron chi connectivity index (χ2n) is 16.5. The fraction of sp³-hybridized carbons (Fsp3) is 0.0714. The largest absolute Gasteiger partial charge is 0.228 e. The molecule has 278 valence electrons. The Hall–Kier alpha value is -6.81. The molecule has 3 aliphatic rings. The zero-order valence-electron chi connectivity index (χ0n) is 32.8. The van der Waals surface area contributed by atoms with E-state index < -0.39 is 5.41 Å². The summed E-state index contributed by atoms with van der Waals surface area (Å²) in [5.74, 6) is 0.715. The Morgan fingerprint density at radius 1 is 0.339 bits per heavy atom. The molecular formula is C56H38N2S. The zero-order valence-corrected chi connectivity index (χ0v) is 33.6. The summed E-state index contributed by atoms with van der Waals surface area (Å²) in [6.45, 7) is 4.66. The van der Waals surface area contributed by atoms with Gasteiger partial charge in [-0.1, -0.05) is 189 Å². The predicted molar refractivity (Wildman–Crippen MR) is 243 cm³/mol. The van der Waals surface area contributed by atoms with Crippen LogP contribution in [0.4, 0.5) is 0 Å². The molecule has 0 bridgehead atoms. The molecule has 1 spiro atoms. The fourth-order valence-electron chi connectivity index (χ4n) is 10.2. The third-order valence-electron chi connectivity index (χ3n) is 13.0. The molecule has 0 amide bonds. The highest BCUT2D eigenvalue weighted by molar-refractivity contribution is 7.99. The molecule has 9 aromatic rings. The van der Waals surface area contributed by atoms with Crippen molar-refractivity contribution in [1.82, 2.24) is 9.97 Å². The van der Waals surface area contributed by atoms with E-state index >= 15 is 0 Å². The van der Waals surface area contributed by atoms with E-state index in [2.05, 4.69) is 208 Å². The Morgan fingerprint density at radius 2 is 0.831 bits per heavy atom. The molecule has 1 aliphatic heterocycles. The van der Waals surface area contributed by atoms with Gasteiger partial charge in [0.1, 0.15) is 0 Å². The highest BCUT2D eigenvalue weighted by Gasteiger charge is 2.50. The molecule has 3 heteroatoms. The van der Waals surface area contributed by atoms with E-state index in [0.717, 1.165) is 33.6 Å². The van der Waals surface area contributed by atoms with E-state index in [1.165, 1.54) is 71.0 Å². The van der Waals surface area contributed by atoms with Crippen molar-refractivity contribution in [2.75, 3.05) is 0 Å². The van der Waals surface area contributed by atoms with Crippen molar-refractivity contribution in [2.24, 2.45) is 0 Å². The summed E-state index contributed by atoms with van der Waals surface area (Å²) in [7, 11) is 0. The number of aromatic nitrogens is 2. The van der Waals surface area contributed by atoms with Gasteiger partial charge >= 0.3 is 0 Å². The zero-order chi connectivity index (χ0) is 39.3. The number of rotatable bonds is 4. The van der Waals surface area contributed by atoms with E-state index in [1.807, 2.05) is 11.8 Å². The molecule has 2 aliphatic carbocycles. The molecule has 8 aromatic carbocycles. The molecule has 0 saturated heterocycles. The summed E-state index contributed by atoms with van der Waals surface area (Å²) in [6.07, 6.45) is 0. The van der Waals surface area contributed by atoms with Gasteiger partial charge in [0.15, 0.2) is 5.82 Å². The van der Waals surface area contributed by atoms with Gasteiger partial charge in [-0.15, -0.1) is 0 Å². The van der Waals surface area contributed by atoms with E-state index in [4.69, 9.17) is 9.97 Å². The molecule has 0 atom stereocenters. The number of benzene rings is 8. The van der Waals surface area contributed by atoms with Crippen molar-refractivity contribution < 1.29 is 0 Å². The van der Waals surface area contributed by atoms with Crippen LogP contribution < -0.4 is 0 Å². The first-order chi connectivity index (χ1) is 29.0. The molecule has 2 nitrogen and oxygen atoms in total. The Labute approximate surface area is 349 Å². The van der Waals surface area contributed by atoms with Crippen LogP contribution in [0.1, 0.15) is 47.2 Å². The predicted octanol–water partition coefficient (Wildman–Crippen LogP) is 14.3. The highest BCUT2D eigenvalue weighted by Crippen LogP contribution is 2.62. The van der Waals surface area contributed by atoms with Gasteiger partial charge in [0.25, 0.3) is 0 Å². The standard InChI is InChI=1S/C56H38N2S/c1-55(2)44-19-9-6-16-40(44)43-30-28-39(33-48(43)55)51-34-50(36-14-4-3-5-15-36)57-54(58-51)37-26-24-35(25-27-37)38-29-31-53-49(32-38)56(47-22-12-13-23-52(47)59-53)45-20-10-7-17-41(45)42-18-8-11-21-46(42)56/h3-34H,1-2H3. The summed E-state index contributed by atoms with van der Waals surface area (Å²) in [4.78, 5) is 13.1. The van der Waals surface area contributed by atoms with Gasteiger partial charge in [0.05, 0.1) is 16.8 Å². The summed E-state index contributed by atoms with van der Waals surface area (Å²) < 4.78 is 0. The van der Waals surface area contributed by atoms with Crippen molar-refractivity contribution in [1.29, 1.82) is 0 Å². The minimum atomic E-state index is -0.405.